The number of aryl methyl sites for hydroxylation is 2. The van der Waals surface area contributed by atoms with E-state index in [-0.39, 0.29) is 11.7 Å². The van der Waals surface area contributed by atoms with Gasteiger partial charge in [0.1, 0.15) is 5.76 Å². The molecule has 1 aromatic rings. The summed E-state index contributed by atoms with van der Waals surface area (Å²) < 4.78 is 5.29. The minimum absolute atomic E-state index is 0.162. The molecule has 0 unspecified atom stereocenters. The molecule has 0 aromatic heterocycles. The van der Waals surface area contributed by atoms with Crippen molar-refractivity contribution in [2.24, 2.45) is 11.8 Å². The van der Waals surface area contributed by atoms with E-state index in [4.69, 9.17) is 4.74 Å². The average molecular weight is 380 g/mol. The van der Waals surface area contributed by atoms with Crippen molar-refractivity contribution in [1.82, 2.24) is 5.32 Å². The summed E-state index contributed by atoms with van der Waals surface area (Å²) in [6.07, 6.45) is 5.63. The van der Waals surface area contributed by atoms with Crippen molar-refractivity contribution in [2.75, 3.05) is 13.7 Å². The quantitative estimate of drug-likeness (QED) is 0.780. The van der Waals surface area contributed by atoms with Gasteiger partial charge < -0.3 is 15.2 Å². The molecular weight excluding hydrogens is 350 g/mol. The van der Waals surface area contributed by atoms with Gasteiger partial charge in [-0.25, -0.2) is 0 Å². The molecule has 2 atom stereocenters. The molecular formula is C24H29NO3. The van der Waals surface area contributed by atoms with Crippen molar-refractivity contribution in [1.29, 1.82) is 0 Å². The molecule has 1 spiro atoms. The van der Waals surface area contributed by atoms with Gasteiger partial charge in [0.25, 0.3) is 5.91 Å². The zero-order valence-corrected chi connectivity index (χ0v) is 17.0. The summed E-state index contributed by atoms with van der Waals surface area (Å²) in [6.45, 7) is 4.76. The SMILES string of the molecule is CCc1cc(C#CC2CC2)cc(C)c1C1=C(O)[C@@]2(CC[C@H](COC)C2)NC1=O. The van der Waals surface area contributed by atoms with Crippen LogP contribution in [0.3, 0.4) is 0 Å². The molecule has 4 nitrogen and oxygen atoms in total. The van der Waals surface area contributed by atoms with E-state index in [0.717, 1.165) is 47.9 Å². The number of hydrogen-bond donors (Lipinski definition) is 2. The molecule has 4 rings (SSSR count). The normalized spacial score (nSPS) is 26.5. The lowest BCUT2D eigenvalue weighted by Gasteiger charge is -2.24. The number of nitrogens with one attached hydrogen (secondary N) is 1. The Morgan fingerprint density at radius 3 is 2.79 bits per heavy atom. The number of benzene rings is 1. The lowest BCUT2D eigenvalue weighted by Crippen LogP contribution is -2.42. The largest absolute Gasteiger partial charge is 0.509 e. The highest BCUT2D eigenvalue weighted by Gasteiger charge is 2.50. The number of amides is 1. The van der Waals surface area contributed by atoms with E-state index in [1.165, 1.54) is 12.8 Å². The van der Waals surface area contributed by atoms with Gasteiger partial charge in [0.05, 0.1) is 11.1 Å². The van der Waals surface area contributed by atoms with Crippen molar-refractivity contribution in [3.8, 4) is 11.8 Å². The van der Waals surface area contributed by atoms with Crippen molar-refractivity contribution < 1.29 is 14.6 Å². The van der Waals surface area contributed by atoms with E-state index in [2.05, 4.69) is 30.1 Å². The van der Waals surface area contributed by atoms with Crippen LogP contribution in [0.4, 0.5) is 0 Å². The summed E-state index contributed by atoms with van der Waals surface area (Å²) in [4.78, 5) is 13.0. The van der Waals surface area contributed by atoms with E-state index in [9.17, 15) is 9.90 Å². The number of aliphatic hydroxyl groups is 1. The van der Waals surface area contributed by atoms with Gasteiger partial charge in [0, 0.05) is 25.2 Å². The van der Waals surface area contributed by atoms with Crippen LogP contribution in [0, 0.1) is 30.6 Å². The van der Waals surface area contributed by atoms with Crippen LogP contribution in [0.15, 0.2) is 17.9 Å². The molecule has 0 bridgehead atoms. The topological polar surface area (TPSA) is 58.6 Å². The lowest BCUT2D eigenvalue weighted by atomic mass is 9.88. The van der Waals surface area contributed by atoms with Gasteiger partial charge in [-0.15, -0.1) is 0 Å². The average Bonchev–Trinajstić information content (AvgIpc) is 3.37. The molecule has 4 heteroatoms. The minimum Gasteiger partial charge on any atom is -0.509 e. The predicted octanol–water partition coefficient (Wildman–Crippen LogP) is 3.90. The maximum Gasteiger partial charge on any atom is 0.256 e. The minimum atomic E-state index is -0.627. The van der Waals surface area contributed by atoms with Gasteiger partial charge in [-0.1, -0.05) is 18.8 Å². The van der Waals surface area contributed by atoms with Crippen LogP contribution in [0.5, 0.6) is 0 Å². The standard InChI is InChI=1S/C24H29NO3/c1-4-19-12-17(8-7-16-5-6-16)11-15(2)20(19)21-22(26)24(25-23(21)27)10-9-18(13-24)14-28-3/h11-12,16,18,26H,4-6,9-10,13-14H2,1-3H3,(H,25,27)/t18-,24-/m0/s1. The molecule has 1 amide bonds. The Kier molecular flexibility index (Phi) is 4.97. The van der Waals surface area contributed by atoms with Crippen LogP contribution >= 0.6 is 0 Å². The van der Waals surface area contributed by atoms with Crippen LogP contribution in [0.2, 0.25) is 0 Å². The van der Waals surface area contributed by atoms with E-state index < -0.39 is 5.54 Å². The Labute approximate surface area is 167 Å². The zero-order valence-electron chi connectivity index (χ0n) is 17.0. The summed E-state index contributed by atoms with van der Waals surface area (Å²) >= 11 is 0. The number of methoxy groups -OCH3 is 1. The molecule has 0 saturated heterocycles. The Bertz CT molecular complexity index is 900. The van der Waals surface area contributed by atoms with Gasteiger partial charge in [-0.05, 0) is 80.2 Å². The maximum atomic E-state index is 13.0. The third-order valence-electron chi connectivity index (χ3n) is 6.33. The zero-order chi connectivity index (χ0) is 19.9. The first-order chi connectivity index (χ1) is 13.5. The molecule has 148 valence electrons. The monoisotopic (exact) mass is 379 g/mol. The second-order valence-corrected chi connectivity index (χ2v) is 8.55. The predicted molar refractivity (Wildman–Crippen MR) is 110 cm³/mol. The third kappa shape index (κ3) is 3.33. The smallest absolute Gasteiger partial charge is 0.256 e. The number of rotatable bonds is 4. The second-order valence-electron chi connectivity index (χ2n) is 8.55. The lowest BCUT2D eigenvalue weighted by molar-refractivity contribution is -0.116. The van der Waals surface area contributed by atoms with Crippen LogP contribution in [-0.2, 0) is 16.0 Å². The van der Waals surface area contributed by atoms with Gasteiger partial charge in [-0.3, -0.25) is 4.79 Å². The highest BCUT2D eigenvalue weighted by Crippen LogP contribution is 2.46. The fourth-order valence-electron chi connectivity index (χ4n) is 4.75. The Morgan fingerprint density at radius 2 is 2.11 bits per heavy atom. The molecule has 2 aliphatic carbocycles. The molecule has 0 radical (unpaired) electrons. The highest BCUT2D eigenvalue weighted by molar-refractivity contribution is 6.24. The van der Waals surface area contributed by atoms with E-state index >= 15 is 0 Å². The first-order valence-electron chi connectivity index (χ1n) is 10.4. The van der Waals surface area contributed by atoms with Crippen molar-refractivity contribution in [3.05, 3.63) is 40.1 Å². The third-order valence-corrected chi connectivity index (χ3v) is 6.33. The molecule has 1 aliphatic heterocycles. The number of hydrogen-bond acceptors (Lipinski definition) is 3. The summed E-state index contributed by atoms with van der Waals surface area (Å²) in [5.41, 5.74) is 3.77. The molecule has 3 aliphatic rings. The number of carbonyl (C=O) groups excluding carboxylic acids is 1. The molecule has 2 N–H and O–H groups in total. The summed E-state index contributed by atoms with van der Waals surface area (Å²) in [5, 5.41) is 14.3. The van der Waals surface area contributed by atoms with Crippen molar-refractivity contribution in [3.63, 3.8) is 0 Å². The molecule has 28 heavy (non-hydrogen) atoms. The fourth-order valence-corrected chi connectivity index (χ4v) is 4.75. The summed E-state index contributed by atoms with van der Waals surface area (Å²) in [5.74, 6) is 7.57. The van der Waals surface area contributed by atoms with Gasteiger partial charge in [0.2, 0.25) is 0 Å². The number of ether oxygens (including phenoxy) is 1. The van der Waals surface area contributed by atoms with Crippen LogP contribution in [0.1, 0.15) is 61.3 Å². The molecule has 2 fully saturated rings. The van der Waals surface area contributed by atoms with Crippen molar-refractivity contribution in [2.45, 2.75) is 57.9 Å². The molecule has 1 heterocycles. The Balaban J connectivity index is 1.73. The van der Waals surface area contributed by atoms with E-state index in [0.29, 0.717) is 24.0 Å². The van der Waals surface area contributed by atoms with Crippen LogP contribution in [-0.4, -0.2) is 30.3 Å². The van der Waals surface area contributed by atoms with Crippen LogP contribution in [0.25, 0.3) is 5.57 Å². The van der Waals surface area contributed by atoms with Crippen molar-refractivity contribution >= 4 is 11.5 Å². The first kappa shape index (κ1) is 19.1. The molecule has 1 aromatic carbocycles. The van der Waals surface area contributed by atoms with E-state index in [1.54, 1.807) is 7.11 Å². The molecule has 2 saturated carbocycles. The fraction of sp³-hybridized carbons (Fsp3) is 0.542. The van der Waals surface area contributed by atoms with Gasteiger partial charge >= 0.3 is 0 Å². The number of aliphatic hydroxyl groups excluding tert-OH is 1. The first-order valence-corrected chi connectivity index (χ1v) is 10.4. The van der Waals surface area contributed by atoms with E-state index in [1.807, 2.05) is 13.0 Å². The number of carbonyl (C=O) groups is 1. The Hall–Kier alpha value is -2.25. The Morgan fingerprint density at radius 1 is 1.32 bits per heavy atom. The van der Waals surface area contributed by atoms with Gasteiger partial charge in [0.15, 0.2) is 0 Å². The second kappa shape index (κ2) is 7.29. The summed E-state index contributed by atoms with van der Waals surface area (Å²) in [6, 6.07) is 4.13. The van der Waals surface area contributed by atoms with Gasteiger partial charge in [-0.2, -0.15) is 0 Å². The van der Waals surface area contributed by atoms with Crippen LogP contribution < -0.4 is 5.32 Å². The maximum absolute atomic E-state index is 13.0. The summed E-state index contributed by atoms with van der Waals surface area (Å²) in [7, 11) is 1.70. The highest BCUT2D eigenvalue weighted by atomic mass is 16.5.